The Hall–Kier alpha value is -1.57. The van der Waals surface area contributed by atoms with Gasteiger partial charge in [0.05, 0.1) is 17.1 Å². The molecule has 4 nitrogen and oxygen atoms in total. The average molecular weight is 335 g/mol. The van der Waals surface area contributed by atoms with Crippen molar-refractivity contribution in [1.82, 2.24) is 15.3 Å². The fourth-order valence-corrected chi connectivity index (χ4v) is 4.16. The van der Waals surface area contributed by atoms with Gasteiger partial charge in [-0.05, 0) is 17.9 Å². The van der Waals surface area contributed by atoms with Crippen LogP contribution < -0.4 is 5.32 Å². The lowest BCUT2D eigenvalue weighted by atomic mass is 10.4. The van der Waals surface area contributed by atoms with E-state index in [0.29, 0.717) is 12.2 Å². The number of nitrogens with zero attached hydrogens (tertiary/aromatic N) is 2. The molecule has 0 aliphatic carbocycles. The van der Waals surface area contributed by atoms with Crippen LogP contribution >= 0.6 is 34.0 Å². The predicted molar refractivity (Wildman–Crippen MR) is 88.1 cm³/mol. The van der Waals surface area contributed by atoms with E-state index in [-0.39, 0.29) is 5.91 Å². The maximum Gasteiger partial charge on any atom is 0.271 e. The molecule has 1 N–H and O–H groups in total. The number of thiazole rings is 2. The summed E-state index contributed by atoms with van der Waals surface area (Å²) < 4.78 is 0. The highest BCUT2D eigenvalue weighted by Crippen LogP contribution is 2.27. The topological polar surface area (TPSA) is 54.9 Å². The standard InChI is InChI=1S/C14H13N3OS3/c1-2-9-7-20-12(16-9)6-15-13(18)10-8-21-14(17-10)11-4-3-5-19-11/h3-5,7-8H,2,6H2,1H3,(H,15,18). The van der Waals surface area contributed by atoms with Gasteiger partial charge >= 0.3 is 0 Å². The van der Waals surface area contributed by atoms with Crippen molar-refractivity contribution in [3.8, 4) is 9.88 Å². The molecule has 0 bridgehead atoms. The summed E-state index contributed by atoms with van der Waals surface area (Å²) in [7, 11) is 0. The maximum absolute atomic E-state index is 12.1. The van der Waals surface area contributed by atoms with Crippen LogP contribution in [-0.2, 0) is 13.0 Å². The monoisotopic (exact) mass is 335 g/mol. The third-order valence-corrected chi connectivity index (χ3v) is 5.61. The van der Waals surface area contributed by atoms with Gasteiger partial charge in [-0.25, -0.2) is 9.97 Å². The molecule has 0 saturated carbocycles. The molecule has 7 heteroatoms. The summed E-state index contributed by atoms with van der Waals surface area (Å²) in [5.74, 6) is -0.151. The van der Waals surface area contributed by atoms with Crippen molar-refractivity contribution in [3.63, 3.8) is 0 Å². The molecule has 0 spiro atoms. The normalized spacial score (nSPS) is 10.7. The molecule has 3 aromatic heterocycles. The van der Waals surface area contributed by atoms with E-state index in [4.69, 9.17) is 0 Å². The third-order valence-electron chi connectivity index (χ3n) is 2.83. The fourth-order valence-electron chi connectivity index (χ4n) is 1.73. The van der Waals surface area contributed by atoms with Crippen molar-refractivity contribution in [2.45, 2.75) is 19.9 Å². The molecule has 0 fully saturated rings. The van der Waals surface area contributed by atoms with E-state index in [0.717, 1.165) is 27.0 Å². The zero-order valence-electron chi connectivity index (χ0n) is 11.3. The molecule has 3 rings (SSSR count). The molecule has 0 atom stereocenters. The number of aromatic nitrogens is 2. The summed E-state index contributed by atoms with van der Waals surface area (Å²) in [6.45, 7) is 2.52. The lowest BCUT2D eigenvalue weighted by Gasteiger charge is -1.99. The lowest BCUT2D eigenvalue weighted by Crippen LogP contribution is -2.23. The Kier molecular flexibility index (Phi) is 4.42. The zero-order valence-corrected chi connectivity index (χ0v) is 13.8. The van der Waals surface area contributed by atoms with Crippen LogP contribution in [-0.4, -0.2) is 15.9 Å². The van der Waals surface area contributed by atoms with E-state index in [1.807, 2.05) is 22.9 Å². The zero-order chi connectivity index (χ0) is 14.7. The largest absolute Gasteiger partial charge is 0.344 e. The Morgan fingerprint density at radius 1 is 1.24 bits per heavy atom. The molecule has 0 radical (unpaired) electrons. The van der Waals surface area contributed by atoms with Crippen molar-refractivity contribution in [2.24, 2.45) is 0 Å². The molecule has 0 aliphatic heterocycles. The minimum absolute atomic E-state index is 0.151. The molecular formula is C14H13N3OS3. The van der Waals surface area contributed by atoms with Crippen LogP contribution in [0.2, 0.25) is 0 Å². The number of thiophene rings is 1. The first kappa shape index (κ1) is 14.4. The van der Waals surface area contributed by atoms with Gasteiger partial charge in [0.2, 0.25) is 0 Å². The van der Waals surface area contributed by atoms with Gasteiger partial charge in [-0.2, -0.15) is 0 Å². The minimum atomic E-state index is -0.151. The fraction of sp³-hybridized carbons (Fsp3) is 0.214. The number of amides is 1. The van der Waals surface area contributed by atoms with Crippen molar-refractivity contribution < 1.29 is 4.79 Å². The van der Waals surface area contributed by atoms with E-state index in [1.165, 1.54) is 11.3 Å². The first-order valence-corrected chi connectivity index (χ1v) is 9.11. The summed E-state index contributed by atoms with van der Waals surface area (Å²) >= 11 is 4.69. The molecule has 0 unspecified atom stereocenters. The Labute approximate surface area is 134 Å². The Morgan fingerprint density at radius 2 is 2.14 bits per heavy atom. The van der Waals surface area contributed by atoms with E-state index in [1.54, 1.807) is 28.1 Å². The number of hydrogen-bond acceptors (Lipinski definition) is 6. The van der Waals surface area contributed by atoms with Crippen LogP contribution in [0.3, 0.4) is 0 Å². The quantitative estimate of drug-likeness (QED) is 0.771. The Bertz CT molecular complexity index is 730. The Morgan fingerprint density at radius 3 is 2.86 bits per heavy atom. The first-order valence-electron chi connectivity index (χ1n) is 6.47. The maximum atomic E-state index is 12.1. The van der Waals surface area contributed by atoms with Crippen LogP contribution in [0.4, 0.5) is 0 Å². The number of hydrogen-bond donors (Lipinski definition) is 1. The number of rotatable bonds is 5. The van der Waals surface area contributed by atoms with E-state index < -0.39 is 0 Å². The van der Waals surface area contributed by atoms with Crippen LogP contribution in [0.15, 0.2) is 28.3 Å². The van der Waals surface area contributed by atoms with Crippen molar-refractivity contribution >= 4 is 39.9 Å². The molecular weight excluding hydrogens is 322 g/mol. The Balaban J connectivity index is 1.63. The number of carbonyl (C=O) groups is 1. The smallest absolute Gasteiger partial charge is 0.271 e. The highest BCUT2D eigenvalue weighted by atomic mass is 32.1. The van der Waals surface area contributed by atoms with Gasteiger partial charge in [0.25, 0.3) is 5.91 Å². The lowest BCUT2D eigenvalue weighted by molar-refractivity contribution is 0.0946. The highest BCUT2D eigenvalue weighted by Gasteiger charge is 2.12. The van der Waals surface area contributed by atoms with E-state index >= 15 is 0 Å². The SMILES string of the molecule is CCc1csc(CNC(=O)c2csc(-c3cccs3)n2)n1. The summed E-state index contributed by atoms with van der Waals surface area (Å²) in [4.78, 5) is 22.0. The molecule has 3 heterocycles. The number of carbonyl (C=O) groups excluding carboxylic acids is 1. The average Bonchev–Trinajstić information content (AvgIpc) is 3.24. The summed E-state index contributed by atoms with van der Waals surface area (Å²) in [5, 5.41) is 10.5. The van der Waals surface area contributed by atoms with Crippen LogP contribution in [0.5, 0.6) is 0 Å². The van der Waals surface area contributed by atoms with Crippen molar-refractivity contribution in [2.75, 3.05) is 0 Å². The van der Waals surface area contributed by atoms with Gasteiger partial charge in [-0.1, -0.05) is 13.0 Å². The summed E-state index contributed by atoms with van der Waals surface area (Å²) in [5.41, 5.74) is 1.54. The molecule has 1 amide bonds. The van der Waals surface area contributed by atoms with Gasteiger partial charge in [-0.15, -0.1) is 34.0 Å². The number of nitrogens with one attached hydrogen (secondary N) is 1. The second-order valence-corrected chi connectivity index (χ2v) is 7.03. The van der Waals surface area contributed by atoms with Crippen LogP contribution in [0.25, 0.3) is 9.88 Å². The summed E-state index contributed by atoms with van der Waals surface area (Å²) in [6, 6.07) is 3.99. The first-order chi connectivity index (χ1) is 10.3. The molecule has 21 heavy (non-hydrogen) atoms. The van der Waals surface area contributed by atoms with Crippen LogP contribution in [0.1, 0.15) is 28.1 Å². The van der Waals surface area contributed by atoms with Crippen LogP contribution in [0, 0.1) is 0 Å². The third kappa shape index (κ3) is 3.37. The van der Waals surface area contributed by atoms with Gasteiger partial charge in [0.1, 0.15) is 15.7 Å². The molecule has 108 valence electrons. The van der Waals surface area contributed by atoms with Gasteiger partial charge < -0.3 is 5.32 Å². The second kappa shape index (κ2) is 6.46. The predicted octanol–water partition coefficient (Wildman–Crippen LogP) is 3.82. The molecule has 0 aliphatic rings. The minimum Gasteiger partial charge on any atom is -0.344 e. The van der Waals surface area contributed by atoms with E-state index in [2.05, 4.69) is 22.2 Å². The second-order valence-electron chi connectivity index (χ2n) is 4.28. The molecule has 0 saturated heterocycles. The number of aryl methyl sites for hydroxylation is 1. The van der Waals surface area contributed by atoms with Gasteiger partial charge in [0.15, 0.2) is 0 Å². The summed E-state index contributed by atoms with van der Waals surface area (Å²) in [6.07, 6.45) is 0.917. The highest BCUT2D eigenvalue weighted by molar-refractivity contribution is 7.20. The molecule has 3 aromatic rings. The van der Waals surface area contributed by atoms with E-state index in [9.17, 15) is 4.79 Å². The van der Waals surface area contributed by atoms with Crippen molar-refractivity contribution in [3.05, 3.63) is 44.7 Å². The molecule has 0 aromatic carbocycles. The van der Waals surface area contributed by atoms with Crippen molar-refractivity contribution in [1.29, 1.82) is 0 Å². The van der Waals surface area contributed by atoms with Gasteiger partial charge in [0, 0.05) is 10.8 Å². The van der Waals surface area contributed by atoms with Gasteiger partial charge in [-0.3, -0.25) is 4.79 Å².